The normalized spacial score (nSPS) is 48.3. The van der Waals surface area contributed by atoms with E-state index in [4.69, 9.17) is 0 Å². The highest BCUT2D eigenvalue weighted by Crippen LogP contribution is 2.73. The van der Waals surface area contributed by atoms with Gasteiger partial charge in [0.25, 0.3) is 5.91 Å². The van der Waals surface area contributed by atoms with Gasteiger partial charge in [0.2, 0.25) is 0 Å². The lowest BCUT2D eigenvalue weighted by molar-refractivity contribution is -0.166. The van der Waals surface area contributed by atoms with E-state index in [-0.39, 0.29) is 56.9 Å². The molecule has 0 aromatic heterocycles. The van der Waals surface area contributed by atoms with Crippen LogP contribution in [0, 0.1) is 62.6 Å². The van der Waals surface area contributed by atoms with Crippen molar-refractivity contribution < 1.29 is 18.8 Å². The number of rotatable bonds is 2. The summed E-state index contributed by atoms with van der Waals surface area (Å²) in [5.74, 6) is -1.40. The maximum absolute atomic E-state index is 14.4. The smallest absolute Gasteiger partial charge is 0.254 e. The third-order valence-corrected chi connectivity index (χ3v) is 12.7. The molecule has 5 aliphatic carbocycles. The van der Waals surface area contributed by atoms with Crippen molar-refractivity contribution in [1.29, 1.82) is 5.26 Å². The van der Waals surface area contributed by atoms with Crippen LogP contribution in [0.25, 0.3) is 0 Å². The number of Topliss-reactive ketones (excluding diaryl/α,β-unsaturated/α-hetero) is 1. The van der Waals surface area contributed by atoms with Crippen LogP contribution in [0.15, 0.2) is 11.6 Å². The number of ketones is 2. The molecule has 0 aromatic rings. The zero-order valence-corrected chi connectivity index (χ0v) is 24.2. The second-order valence-electron chi connectivity index (χ2n) is 15.1. The number of hydrogen-bond acceptors (Lipinski definition) is 4. The molecule has 4 saturated carbocycles. The van der Waals surface area contributed by atoms with E-state index in [1.54, 1.807) is 0 Å². The Morgan fingerprint density at radius 3 is 2.34 bits per heavy atom. The first kappa shape index (κ1) is 27.5. The lowest BCUT2D eigenvalue weighted by Gasteiger charge is -2.69. The minimum atomic E-state index is -1.58. The van der Waals surface area contributed by atoms with Gasteiger partial charge in [0.15, 0.2) is 17.7 Å². The van der Waals surface area contributed by atoms with Crippen LogP contribution >= 0.6 is 0 Å². The van der Waals surface area contributed by atoms with Crippen LogP contribution in [0.3, 0.4) is 0 Å². The third-order valence-electron chi connectivity index (χ3n) is 12.7. The van der Waals surface area contributed by atoms with Crippen molar-refractivity contribution in [3.05, 3.63) is 11.6 Å². The van der Waals surface area contributed by atoms with Gasteiger partial charge in [-0.05, 0) is 97.9 Å². The van der Waals surface area contributed by atoms with Gasteiger partial charge in [0, 0.05) is 17.4 Å². The Bertz CT molecular complexity index is 1150. The van der Waals surface area contributed by atoms with Crippen molar-refractivity contribution in [3.63, 3.8) is 0 Å². The fraction of sp³-hybridized carbons (Fsp3) is 0.812. The van der Waals surface area contributed by atoms with Crippen LogP contribution in [0.1, 0.15) is 99.8 Å². The molecule has 0 aliphatic heterocycles. The Labute approximate surface area is 227 Å². The number of carbonyl (C=O) groups is 3. The molecular weight excluding hydrogens is 479 g/mol. The number of allylic oxidation sites excluding steroid dienone is 2. The molecule has 38 heavy (non-hydrogen) atoms. The molecule has 208 valence electrons. The summed E-state index contributed by atoms with van der Waals surface area (Å²) >= 11 is 0. The highest BCUT2D eigenvalue weighted by Gasteiger charge is 2.69. The number of fused-ring (bicyclic) bond motifs is 7. The molecule has 0 saturated heterocycles. The number of halogens is 1. The SMILES string of the molecule is CC(F)C(=O)NC12CCC(C)(C)CC1C1C(=O)C=C3C4(C)CC(C#N)C(=O)C(C)C4CCC3(C)C1(C)CC2. The van der Waals surface area contributed by atoms with E-state index >= 15 is 0 Å². The number of hydrogen-bond donors (Lipinski definition) is 1. The summed E-state index contributed by atoms with van der Waals surface area (Å²) in [6.07, 6.45) is 6.66. The Balaban J connectivity index is 1.62. The quantitative estimate of drug-likeness (QED) is 0.471. The van der Waals surface area contributed by atoms with Gasteiger partial charge in [0.05, 0.1) is 6.07 Å². The van der Waals surface area contributed by atoms with Crippen LogP contribution < -0.4 is 5.32 Å². The molecule has 5 nitrogen and oxygen atoms in total. The summed E-state index contributed by atoms with van der Waals surface area (Å²) in [6.45, 7) is 14.6. The average molecular weight is 525 g/mol. The van der Waals surface area contributed by atoms with Crippen molar-refractivity contribution in [3.8, 4) is 6.07 Å². The minimum absolute atomic E-state index is 0.0342. The van der Waals surface area contributed by atoms with Crippen molar-refractivity contribution in [2.75, 3.05) is 0 Å². The second kappa shape index (κ2) is 8.48. The zero-order valence-electron chi connectivity index (χ0n) is 24.2. The molecule has 0 aromatic carbocycles. The van der Waals surface area contributed by atoms with E-state index in [0.717, 1.165) is 50.5 Å². The maximum atomic E-state index is 14.4. The van der Waals surface area contributed by atoms with Crippen molar-refractivity contribution in [2.45, 2.75) is 112 Å². The first-order valence-electron chi connectivity index (χ1n) is 14.7. The average Bonchev–Trinajstić information content (AvgIpc) is 2.83. The highest BCUT2D eigenvalue weighted by atomic mass is 19.1. The number of alkyl halides is 1. The summed E-state index contributed by atoms with van der Waals surface area (Å²) in [5.41, 5.74) is -0.318. The summed E-state index contributed by atoms with van der Waals surface area (Å²) in [4.78, 5) is 40.1. The summed E-state index contributed by atoms with van der Waals surface area (Å²) in [5, 5.41) is 13.0. The van der Waals surface area contributed by atoms with E-state index in [2.05, 4.69) is 46.0 Å². The monoisotopic (exact) mass is 524 g/mol. The number of nitrogens with zero attached hydrogens (tertiary/aromatic N) is 1. The standard InChI is InChI=1S/C32H45FN2O3/c1-18-21-8-9-30(6)24(29(21,5)15-20(17-34)26(18)37)14-23(36)25-22-16-28(3,4)10-12-32(22,13-11-31(25,30)7)35-27(38)19(2)33/h14,18-22,25H,8-13,15-16H2,1-7H3,(H,35,38). The fourth-order valence-electron chi connectivity index (χ4n) is 10.3. The van der Waals surface area contributed by atoms with Crippen molar-refractivity contribution in [1.82, 2.24) is 5.32 Å². The Hall–Kier alpha value is -2.03. The number of nitriles is 1. The van der Waals surface area contributed by atoms with Crippen LogP contribution in [-0.4, -0.2) is 29.2 Å². The van der Waals surface area contributed by atoms with Gasteiger partial charge in [-0.15, -0.1) is 0 Å². The molecule has 0 spiro atoms. The molecule has 10 unspecified atom stereocenters. The molecule has 5 rings (SSSR count). The van der Waals surface area contributed by atoms with Gasteiger partial charge in [-0.3, -0.25) is 14.4 Å². The molecule has 6 heteroatoms. The molecule has 10 atom stereocenters. The van der Waals surface area contributed by atoms with Gasteiger partial charge in [-0.1, -0.05) is 47.1 Å². The molecule has 0 radical (unpaired) electrons. The van der Waals surface area contributed by atoms with Gasteiger partial charge < -0.3 is 5.32 Å². The number of carbonyl (C=O) groups excluding carboxylic acids is 3. The number of nitrogens with one attached hydrogen (secondary N) is 1. The van der Waals surface area contributed by atoms with Crippen LogP contribution in [0.5, 0.6) is 0 Å². The fourth-order valence-corrected chi connectivity index (χ4v) is 10.3. The van der Waals surface area contributed by atoms with E-state index < -0.39 is 23.5 Å². The van der Waals surface area contributed by atoms with Gasteiger partial charge in [0.1, 0.15) is 5.92 Å². The molecule has 5 aliphatic rings. The molecule has 1 amide bonds. The van der Waals surface area contributed by atoms with Crippen molar-refractivity contribution >= 4 is 17.5 Å². The molecule has 4 fully saturated rings. The predicted molar refractivity (Wildman–Crippen MR) is 143 cm³/mol. The topological polar surface area (TPSA) is 87.0 Å². The second-order valence-corrected chi connectivity index (χ2v) is 15.1. The highest BCUT2D eigenvalue weighted by molar-refractivity contribution is 5.96. The van der Waals surface area contributed by atoms with Gasteiger partial charge in [-0.2, -0.15) is 5.26 Å². The lowest BCUT2D eigenvalue weighted by Crippen LogP contribution is -2.70. The van der Waals surface area contributed by atoms with Crippen LogP contribution in [-0.2, 0) is 14.4 Å². The summed E-state index contributed by atoms with van der Waals surface area (Å²) in [7, 11) is 0. The molecule has 0 heterocycles. The first-order chi connectivity index (χ1) is 17.6. The largest absolute Gasteiger partial charge is 0.348 e. The minimum Gasteiger partial charge on any atom is -0.348 e. The van der Waals surface area contributed by atoms with E-state index in [1.165, 1.54) is 6.92 Å². The number of amides is 1. The van der Waals surface area contributed by atoms with E-state index in [9.17, 15) is 24.0 Å². The first-order valence-corrected chi connectivity index (χ1v) is 14.7. The zero-order chi connectivity index (χ0) is 28.1. The Morgan fingerprint density at radius 2 is 1.71 bits per heavy atom. The Morgan fingerprint density at radius 1 is 1.05 bits per heavy atom. The Kier molecular flexibility index (Phi) is 6.15. The third kappa shape index (κ3) is 3.55. The van der Waals surface area contributed by atoms with E-state index in [0.29, 0.717) is 6.42 Å². The lowest BCUT2D eigenvalue weighted by atomic mass is 9.35. The van der Waals surface area contributed by atoms with Crippen LogP contribution in [0.2, 0.25) is 0 Å². The molecular formula is C32H45FN2O3. The summed E-state index contributed by atoms with van der Waals surface area (Å²) < 4.78 is 14.1. The van der Waals surface area contributed by atoms with Crippen molar-refractivity contribution in [2.24, 2.45) is 51.2 Å². The summed E-state index contributed by atoms with van der Waals surface area (Å²) in [6, 6.07) is 2.27. The van der Waals surface area contributed by atoms with E-state index in [1.807, 2.05) is 13.0 Å². The molecule has 0 bridgehead atoms. The molecule has 1 N–H and O–H groups in total. The van der Waals surface area contributed by atoms with Crippen LogP contribution in [0.4, 0.5) is 4.39 Å². The predicted octanol–water partition coefficient (Wildman–Crippen LogP) is 6.12. The maximum Gasteiger partial charge on any atom is 0.254 e. The van der Waals surface area contributed by atoms with Gasteiger partial charge in [-0.25, -0.2) is 4.39 Å². The van der Waals surface area contributed by atoms with Gasteiger partial charge >= 0.3 is 0 Å².